The minimum Gasteiger partial charge on any atom is -0.490 e. The molecule has 0 aliphatic rings. The van der Waals surface area contributed by atoms with Crippen LogP contribution >= 0.6 is 12.2 Å². The molecule has 0 saturated carbocycles. The minimum absolute atomic E-state index is 0.655. The molecule has 0 spiro atoms. The molecule has 0 amide bonds. The lowest BCUT2D eigenvalue weighted by atomic mass is 10.1. The third kappa shape index (κ3) is 2.36. The van der Waals surface area contributed by atoms with Gasteiger partial charge in [-0.25, -0.2) is 0 Å². The van der Waals surface area contributed by atoms with E-state index < -0.39 is 0 Å². The van der Waals surface area contributed by atoms with E-state index in [9.17, 15) is 0 Å². The fourth-order valence-corrected chi connectivity index (χ4v) is 1.62. The van der Waals surface area contributed by atoms with E-state index in [-0.39, 0.29) is 0 Å². The van der Waals surface area contributed by atoms with Gasteiger partial charge in [-0.05, 0) is 42.4 Å². The van der Waals surface area contributed by atoms with Gasteiger partial charge in [0, 0.05) is 11.8 Å². The summed E-state index contributed by atoms with van der Waals surface area (Å²) in [6.07, 6.45) is 3.40. The van der Waals surface area contributed by atoms with Crippen LogP contribution in [0.1, 0.15) is 12.0 Å². The lowest BCUT2D eigenvalue weighted by Crippen LogP contribution is -1.99. The van der Waals surface area contributed by atoms with Gasteiger partial charge in [-0.1, -0.05) is 6.07 Å². The van der Waals surface area contributed by atoms with Crippen molar-refractivity contribution in [2.75, 3.05) is 7.11 Å². The van der Waals surface area contributed by atoms with Crippen LogP contribution < -0.4 is 0 Å². The number of rotatable bonds is 3. The normalized spacial score (nSPS) is 10.5. The number of ether oxygens (including phenoxy) is 1. The molecule has 78 valence electrons. The van der Waals surface area contributed by atoms with Gasteiger partial charge in [-0.2, -0.15) is 0 Å². The number of hydrogen-bond donors (Lipinski definition) is 0. The van der Waals surface area contributed by atoms with Gasteiger partial charge >= 0.3 is 0 Å². The van der Waals surface area contributed by atoms with E-state index in [0.29, 0.717) is 5.05 Å². The third-order valence-corrected chi connectivity index (χ3v) is 2.73. The first-order valence-corrected chi connectivity index (χ1v) is 5.23. The van der Waals surface area contributed by atoms with Crippen LogP contribution in [0.2, 0.25) is 0 Å². The van der Waals surface area contributed by atoms with E-state index in [0.717, 1.165) is 23.8 Å². The van der Waals surface area contributed by atoms with E-state index in [2.05, 4.69) is 12.1 Å². The van der Waals surface area contributed by atoms with Gasteiger partial charge in [0.05, 0.1) is 13.4 Å². The minimum atomic E-state index is 0.655. The van der Waals surface area contributed by atoms with Crippen molar-refractivity contribution < 1.29 is 9.15 Å². The molecule has 2 nitrogen and oxygen atoms in total. The van der Waals surface area contributed by atoms with E-state index >= 15 is 0 Å². The Labute approximate surface area is 93.8 Å². The second kappa shape index (κ2) is 4.45. The first-order chi connectivity index (χ1) is 7.29. The Balaban J connectivity index is 2.11. The fourth-order valence-electron chi connectivity index (χ4n) is 1.52. The van der Waals surface area contributed by atoms with Gasteiger partial charge in [0.1, 0.15) is 5.58 Å². The first-order valence-electron chi connectivity index (χ1n) is 4.82. The Morgan fingerprint density at radius 3 is 3.07 bits per heavy atom. The topological polar surface area (TPSA) is 22.4 Å². The molecule has 0 aliphatic carbocycles. The Kier molecular flexibility index (Phi) is 3.02. The molecule has 0 atom stereocenters. The molecular weight excluding hydrogens is 208 g/mol. The van der Waals surface area contributed by atoms with E-state index in [4.69, 9.17) is 21.4 Å². The second-order valence-corrected chi connectivity index (χ2v) is 3.82. The monoisotopic (exact) mass is 220 g/mol. The maximum absolute atomic E-state index is 5.27. The van der Waals surface area contributed by atoms with E-state index in [1.807, 2.05) is 12.1 Å². The maximum atomic E-state index is 5.27. The van der Waals surface area contributed by atoms with Crippen molar-refractivity contribution in [3.8, 4) is 0 Å². The van der Waals surface area contributed by atoms with E-state index in [1.54, 1.807) is 13.4 Å². The van der Waals surface area contributed by atoms with Crippen LogP contribution in [0.15, 0.2) is 34.9 Å². The highest BCUT2D eigenvalue weighted by Crippen LogP contribution is 2.17. The Morgan fingerprint density at radius 2 is 2.27 bits per heavy atom. The van der Waals surface area contributed by atoms with Crippen molar-refractivity contribution in [3.05, 3.63) is 36.1 Å². The van der Waals surface area contributed by atoms with Crippen molar-refractivity contribution in [2.45, 2.75) is 12.8 Å². The number of hydrogen-bond acceptors (Lipinski definition) is 3. The number of methoxy groups -OCH3 is 1. The van der Waals surface area contributed by atoms with Crippen LogP contribution in [0.4, 0.5) is 0 Å². The summed E-state index contributed by atoms with van der Waals surface area (Å²) < 4.78 is 10.2. The second-order valence-electron chi connectivity index (χ2n) is 3.37. The molecule has 2 rings (SSSR count). The summed E-state index contributed by atoms with van der Waals surface area (Å²) in [6, 6.07) is 8.13. The molecule has 2 aromatic rings. The van der Waals surface area contributed by atoms with Gasteiger partial charge in [0.15, 0.2) is 5.05 Å². The molecule has 0 radical (unpaired) electrons. The Bertz CT molecular complexity index is 473. The number of benzene rings is 1. The molecule has 0 unspecified atom stereocenters. The maximum Gasteiger partial charge on any atom is 0.159 e. The van der Waals surface area contributed by atoms with Crippen molar-refractivity contribution in [1.29, 1.82) is 0 Å². The molecule has 0 aliphatic heterocycles. The number of thiocarbonyl (C=S) groups is 1. The van der Waals surface area contributed by atoms with Crippen molar-refractivity contribution in [3.63, 3.8) is 0 Å². The van der Waals surface area contributed by atoms with Crippen LogP contribution in [0.25, 0.3) is 11.0 Å². The van der Waals surface area contributed by atoms with Crippen LogP contribution in [-0.2, 0) is 11.2 Å². The summed E-state index contributed by atoms with van der Waals surface area (Å²) in [5.41, 5.74) is 2.18. The highest BCUT2D eigenvalue weighted by Gasteiger charge is 2.01. The summed E-state index contributed by atoms with van der Waals surface area (Å²) >= 11 is 4.99. The predicted molar refractivity (Wildman–Crippen MR) is 64.1 cm³/mol. The molecule has 3 heteroatoms. The summed E-state index contributed by atoms with van der Waals surface area (Å²) in [7, 11) is 1.61. The quantitative estimate of drug-likeness (QED) is 0.741. The molecular formula is C12H12O2S. The van der Waals surface area contributed by atoms with Crippen molar-refractivity contribution in [2.24, 2.45) is 0 Å². The molecule has 0 fully saturated rings. The summed E-state index contributed by atoms with van der Waals surface area (Å²) in [5, 5.41) is 1.79. The number of aryl methyl sites for hydroxylation is 1. The number of furan rings is 1. The van der Waals surface area contributed by atoms with Crippen LogP contribution in [-0.4, -0.2) is 12.2 Å². The molecule has 0 saturated heterocycles. The van der Waals surface area contributed by atoms with E-state index in [1.165, 1.54) is 5.56 Å². The summed E-state index contributed by atoms with van der Waals surface area (Å²) in [6.45, 7) is 0. The predicted octanol–water partition coefficient (Wildman–Crippen LogP) is 3.34. The largest absolute Gasteiger partial charge is 0.490 e. The molecule has 0 bridgehead atoms. The van der Waals surface area contributed by atoms with Crippen LogP contribution in [0.3, 0.4) is 0 Å². The van der Waals surface area contributed by atoms with Gasteiger partial charge in [-0.3, -0.25) is 0 Å². The highest BCUT2D eigenvalue weighted by atomic mass is 32.1. The summed E-state index contributed by atoms with van der Waals surface area (Å²) in [4.78, 5) is 0. The lowest BCUT2D eigenvalue weighted by Gasteiger charge is -2.02. The molecule has 15 heavy (non-hydrogen) atoms. The molecule has 1 heterocycles. The first kappa shape index (κ1) is 10.2. The van der Waals surface area contributed by atoms with Crippen molar-refractivity contribution in [1.82, 2.24) is 0 Å². The smallest absolute Gasteiger partial charge is 0.159 e. The zero-order valence-corrected chi connectivity index (χ0v) is 9.34. The average Bonchev–Trinajstić information content (AvgIpc) is 2.72. The van der Waals surface area contributed by atoms with Crippen molar-refractivity contribution >= 4 is 28.2 Å². The zero-order valence-electron chi connectivity index (χ0n) is 8.53. The average molecular weight is 220 g/mol. The Morgan fingerprint density at radius 1 is 1.40 bits per heavy atom. The molecule has 1 aromatic heterocycles. The summed E-state index contributed by atoms with van der Waals surface area (Å²) in [5.74, 6) is 0. The highest BCUT2D eigenvalue weighted by molar-refractivity contribution is 7.80. The Hall–Kier alpha value is -1.35. The fraction of sp³-hybridized carbons (Fsp3) is 0.250. The van der Waals surface area contributed by atoms with Gasteiger partial charge in [-0.15, -0.1) is 0 Å². The van der Waals surface area contributed by atoms with Crippen LogP contribution in [0, 0.1) is 0 Å². The third-order valence-electron chi connectivity index (χ3n) is 2.36. The van der Waals surface area contributed by atoms with Crippen LogP contribution in [0.5, 0.6) is 0 Å². The van der Waals surface area contributed by atoms with Gasteiger partial charge in [0.2, 0.25) is 0 Å². The van der Waals surface area contributed by atoms with Gasteiger partial charge < -0.3 is 9.15 Å². The standard InChI is InChI=1S/C12H12O2S/c1-13-12(15)5-3-9-2-4-11-10(8-9)6-7-14-11/h2,4,6-8H,3,5H2,1H3. The van der Waals surface area contributed by atoms with Gasteiger partial charge in [0.25, 0.3) is 0 Å². The molecule has 0 N–H and O–H groups in total. The zero-order chi connectivity index (χ0) is 10.7. The lowest BCUT2D eigenvalue weighted by molar-refractivity contribution is 0.402. The molecule has 1 aromatic carbocycles. The number of fused-ring (bicyclic) bond motifs is 1. The SMILES string of the molecule is COC(=S)CCc1ccc2occc2c1.